The largest absolute Gasteiger partial charge is 0.258 e. The topological polar surface area (TPSA) is 12.9 Å². The number of nitrogens with zero attached hydrogens (tertiary/aromatic N) is 1. The van der Waals surface area contributed by atoms with Gasteiger partial charge in [0.1, 0.15) is 0 Å². The second-order valence-electron chi connectivity index (χ2n) is 3.37. The van der Waals surface area contributed by atoms with Crippen LogP contribution in [-0.2, 0) is 6.42 Å². The molecule has 0 aromatic carbocycles. The molecule has 0 aliphatic carbocycles. The van der Waals surface area contributed by atoms with E-state index >= 15 is 0 Å². The van der Waals surface area contributed by atoms with Crippen LogP contribution in [0.1, 0.15) is 39.1 Å². The Balaban J connectivity index is 0.000000671. The third-order valence-electron chi connectivity index (χ3n) is 1.56. The van der Waals surface area contributed by atoms with Crippen LogP contribution in [0.5, 0.6) is 0 Å². The van der Waals surface area contributed by atoms with Gasteiger partial charge in [-0.05, 0) is 31.4 Å². The fourth-order valence-electron chi connectivity index (χ4n) is 1.13. The number of aryl methyl sites for hydroxylation is 1. The van der Waals surface area contributed by atoms with Crippen LogP contribution in [0.4, 0.5) is 0 Å². The summed E-state index contributed by atoms with van der Waals surface area (Å²) in [6.07, 6.45) is 1.08. The van der Waals surface area contributed by atoms with Crippen LogP contribution >= 0.6 is 0 Å². The van der Waals surface area contributed by atoms with Crippen LogP contribution in [0, 0.1) is 12.8 Å². The number of hydrogen-bond donors (Lipinski definition) is 0. The highest BCUT2D eigenvalue weighted by molar-refractivity contribution is 5.10. The third-order valence-corrected chi connectivity index (χ3v) is 1.56. The highest BCUT2D eigenvalue weighted by atomic mass is 14.7. The van der Waals surface area contributed by atoms with Crippen molar-refractivity contribution >= 4 is 0 Å². The second-order valence-corrected chi connectivity index (χ2v) is 3.37. The first kappa shape index (κ1) is 12.2. The quantitative estimate of drug-likeness (QED) is 0.675. The lowest BCUT2D eigenvalue weighted by molar-refractivity contribution is 0.634. The molecule has 0 saturated heterocycles. The predicted molar refractivity (Wildman–Crippen MR) is 58.9 cm³/mol. The van der Waals surface area contributed by atoms with E-state index in [1.165, 1.54) is 5.69 Å². The highest BCUT2D eigenvalue weighted by Gasteiger charge is 1.97. The fraction of sp³-hybridized carbons (Fsp3) is 0.583. The van der Waals surface area contributed by atoms with Crippen LogP contribution in [0.25, 0.3) is 0 Å². The van der Waals surface area contributed by atoms with Gasteiger partial charge in [-0.25, -0.2) is 0 Å². The van der Waals surface area contributed by atoms with Crippen molar-refractivity contribution in [2.24, 2.45) is 5.92 Å². The Morgan fingerprint density at radius 2 is 1.85 bits per heavy atom. The van der Waals surface area contributed by atoms with Gasteiger partial charge in [-0.3, -0.25) is 4.98 Å². The van der Waals surface area contributed by atoms with Gasteiger partial charge in [0, 0.05) is 11.4 Å². The molecule has 0 N–H and O–H groups in total. The van der Waals surface area contributed by atoms with E-state index < -0.39 is 0 Å². The number of aromatic nitrogens is 1. The SMILES string of the molecule is CC.Cc1cccc(CC(C)C)n1. The van der Waals surface area contributed by atoms with E-state index in [-0.39, 0.29) is 0 Å². The average Bonchev–Trinajstić information content (AvgIpc) is 2.06. The van der Waals surface area contributed by atoms with Crippen molar-refractivity contribution in [1.82, 2.24) is 4.98 Å². The summed E-state index contributed by atoms with van der Waals surface area (Å²) in [6.45, 7) is 10.5. The Morgan fingerprint density at radius 3 is 2.31 bits per heavy atom. The molecule has 1 heteroatoms. The van der Waals surface area contributed by atoms with Crippen LogP contribution in [0.15, 0.2) is 18.2 Å². The fourth-order valence-corrected chi connectivity index (χ4v) is 1.13. The van der Waals surface area contributed by atoms with Gasteiger partial charge in [-0.15, -0.1) is 0 Å². The molecule has 13 heavy (non-hydrogen) atoms. The summed E-state index contributed by atoms with van der Waals surface area (Å²) in [7, 11) is 0. The molecule has 0 fully saturated rings. The van der Waals surface area contributed by atoms with Crippen molar-refractivity contribution in [3.63, 3.8) is 0 Å². The first-order chi connectivity index (χ1) is 6.18. The summed E-state index contributed by atoms with van der Waals surface area (Å²) in [4.78, 5) is 4.41. The summed E-state index contributed by atoms with van der Waals surface area (Å²) in [6, 6.07) is 6.19. The molecule has 1 heterocycles. The Morgan fingerprint density at radius 1 is 1.23 bits per heavy atom. The van der Waals surface area contributed by atoms with E-state index in [9.17, 15) is 0 Å². The summed E-state index contributed by atoms with van der Waals surface area (Å²) in [5.74, 6) is 0.698. The molecule has 1 aromatic rings. The molecule has 1 nitrogen and oxygen atoms in total. The van der Waals surface area contributed by atoms with Gasteiger partial charge in [0.05, 0.1) is 0 Å². The number of hydrogen-bond acceptors (Lipinski definition) is 1. The Hall–Kier alpha value is -0.850. The smallest absolute Gasteiger partial charge is 0.0409 e. The molecule has 0 atom stereocenters. The van der Waals surface area contributed by atoms with Gasteiger partial charge in [0.2, 0.25) is 0 Å². The van der Waals surface area contributed by atoms with E-state index in [2.05, 4.69) is 31.0 Å². The molecular weight excluding hydrogens is 158 g/mol. The minimum absolute atomic E-state index is 0.698. The van der Waals surface area contributed by atoms with Crippen LogP contribution in [-0.4, -0.2) is 4.98 Å². The van der Waals surface area contributed by atoms with Crippen molar-refractivity contribution in [2.45, 2.75) is 41.0 Å². The van der Waals surface area contributed by atoms with E-state index in [4.69, 9.17) is 0 Å². The maximum absolute atomic E-state index is 4.41. The van der Waals surface area contributed by atoms with Crippen LogP contribution in [0.3, 0.4) is 0 Å². The molecule has 0 radical (unpaired) electrons. The predicted octanol–water partition coefficient (Wildman–Crippen LogP) is 3.61. The summed E-state index contributed by atoms with van der Waals surface area (Å²) >= 11 is 0. The monoisotopic (exact) mass is 179 g/mol. The van der Waals surface area contributed by atoms with Crippen molar-refractivity contribution in [3.8, 4) is 0 Å². The maximum atomic E-state index is 4.41. The van der Waals surface area contributed by atoms with E-state index in [0.717, 1.165) is 12.1 Å². The lowest BCUT2D eigenvalue weighted by Crippen LogP contribution is -1.97. The van der Waals surface area contributed by atoms with Gasteiger partial charge < -0.3 is 0 Å². The molecule has 0 saturated carbocycles. The molecule has 0 aliphatic rings. The summed E-state index contributed by atoms with van der Waals surface area (Å²) < 4.78 is 0. The molecule has 0 unspecified atom stereocenters. The summed E-state index contributed by atoms with van der Waals surface area (Å²) in [5.41, 5.74) is 2.32. The normalized spacial score (nSPS) is 9.38. The second kappa shape index (κ2) is 6.64. The molecule has 0 amide bonds. The van der Waals surface area contributed by atoms with E-state index in [0.29, 0.717) is 5.92 Å². The summed E-state index contributed by atoms with van der Waals surface area (Å²) in [5, 5.41) is 0. The lowest BCUT2D eigenvalue weighted by atomic mass is 10.1. The third kappa shape index (κ3) is 5.40. The van der Waals surface area contributed by atoms with E-state index in [1.807, 2.05) is 26.8 Å². The highest BCUT2D eigenvalue weighted by Crippen LogP contribution is 2.05. The van der Waals surface area contributed by atoms with E-state index in [1.54, 1.807) is 0 Å². The standard InChI is InChI=1S/C10H15N.C2H6/c1-8(2)7-10-6-4-5-9(3)11-10;1-2/h4-6,8H,7H2,1-3H3;1-2H3. The molecular formula is C12H21N. The zero-order valence-corrected chi connectivity index (χ0v) is 9.46. The van der Waals surface area contributed by atoms with Crippen LogP contribution < -0.4 is 0 Å². The van der Waals surface area contributed by atoms with Crippen LogP contribution in [0.2, 0.25) is 0 Å². The van der Waals surface area contributed by atoms with Gasteiger partial charge in [-0.1, -0.05) is 33.8 Å². The molecule has 0 spiro atoms. The van der Waals surface area contributed by atoms with Gasteiger partial charge >= 0.3 is 0 Å². The number of pyridine rings is 1. The minimum Gasteiger partial charge on any atom is -0.258 e. The van der Waals surface area contributed by atoms with Crippen molar-refractivity contribution in [2.75, 3.05) is 0 Å². The maximum Gasteiger partial charge on any atom is 0.0409 e. The minimum atomic E-state index is 0.698. The van der Waals surface area contributed by atoms with Crippen molar-refractivity contribution in [1.29, 1.82) is 0 Å². The Labute approximate surface area is 82.2 Å². The molecule has 1 aromatic heterocycles. The zero-order chi connectivity index (χ0) is 10.3. The molecule has 0 aliphatic heterocycles. The molecule has 0 bridgehead atoms. The Bertz CT molecular complexity index is 228. The first-order valence-electron chi connectivity index (χ1n) is 5.11. The van der Waals surface area contributed by atoms with Gasteiger partial charge in [-0.2, -0.15) is 0 Å². The molecule has 74 valence electrons. The Kier molecular flexibility index (Phi) is 6.21. The van der Waals surface area contributed by atoms with Crippen molar-refractivity contribution < 1.29 is 0 Å². The zero-order valence-electron chi connectivity index (χ0n) is 9.46. The van der Waals surface area contributed by atoms with Gasteiger partial charge in [0.15, 0.2) is 0 Å². The number of rotatable bonds is 2. The van der Waals surface area contributed by atoms with Gasteiger partial charge in [0.25, 0.3) is 0 Å². The lowest BCUT2D eigenvalue weighted by Gasteiger charge is -2.03. The average molecular weight is 179 g/mol. The van der Waals surface area contributed by atoms with Crippen molar-refractivity contribution in [3.05, 3.63) is 29.6 Å². The molecule has 1 rings (SSSR count). The first-order valence-corrected chi connectivity index (χ1v) is 5.11.